The fraction of sp³-hybridized carbons (Fsp3) is 0.240. The van der Waals surface area contributed by atoms with Crippen molar-refractivity contribution >= 4 is 21.6 Å². The summed E-state index contributed by atoms with van der Waals surface area (Å²) in [6.45, 7) is 0.541. The molecule has 1 saturated heterocycles. The van der Waals surface area contributed by atoms with Gasteiger partial charge in [-0.2, -0.15) is 4.31 Å². The molecule has 0 spiro atoms. The highest BCUT2D eigenvalue weighted by Gasteiger charge is 2.33. The minimum absolute atomic E-state index is 0.148. The summed E-state index contributed by atoms with van der Waals surface area (Å²) in [6, 6.07) is 22.8. The lowest BCUT2D eigenvalue weighted by atomic mass is 9.99. The van der Waals surface area contributed by atoms with Crippen molar-refractivity contribution in [1.82, 2.24) is 4.31 Å². The van der Waals surface area contributed by atoms with Gasteiger partial charge in [-0.25, -0.2) is 8.42 Å². The van der Waals surface area contributed by atoms with Crippen molar-refractivity contribution in [3.8, 4) is 17.2 Å². The van der Waals surface area contributed by atoms with Gasteiger partial charge in [-0.05, 0) is 73.5 Å². The van der Waals surface area contributed by atoms with Crippen molar-refractivity contribution in [3.05, 3.63) is 78.9 Å². The molecule has 4 rings (SSSR count). The zero-order valence-corrected chi connectivity index (χ0v) is 19.1. The molecule has 1 atom stereocenters. The van der Waals surface area contributed by atoms with Gasteiger partial charge in [-0.1, -0.05) is 18.2 Å². The van der Waals surface area contributed by atoms with E-state index in [1.165, 1.54) is 23.5 Å². The Morgan fingerprint density at radius 1 is 0.909 bits per heavy atom. The highest BCUT2D eigenvalue weighted by molar-refractivity contribution is 7.89. The fourth-order valence-electron chi connectivity index (χ4n) is 3.75. The zero-order valence-electron chi connectivity index (χ0n) is 18.3. The maximum atomic E-state index is 13.0. The van der Waals surface area contributed by atoms with E-state index in [4.69, 9.17) is 9.47 Å². The van der Waals surface area contributed by atoms with Crippen molar-refractivity contribution < 1.29 is 22.7 Å². The third-order valence-corrected chi connectivity index (χ3v) is 7.43. The van der Waals surface area contributed by atoms with Crippen LogP contribution in [0.5, 0.6) is 17.2 Å². The van der Waals surface area contributed by atoms with Crippen molar-refractivity contribution in [1.29, 1.82) is 0 Å². The maximum absolute atomic E-state index is 13.0. The normalized spacial score (nSPS) is 16.7. The van der Waals surface area contributed by atoms with Gasteiger partial charge in [0.2, 0.25) is 15.9 Å². The lowest BCUT2D eigenvalue weighted by Crippen LogP contribution is -2.43. The quantitative estimate of drug-likeness (QED) is 0.553. The van der Waals surface area contributed by atoms with Gasteiger partial charge in [-0.15, -0.1) is 0 Å². The van der Waals surface area contributed by atoms with Crippen LogP contribution in [0.3, 0.4) is 0 Å². The van der Waals surface area contributed by atoms with Gasteiger partial charge in [-0.3, -0.25) is 4.79 Å². The number of carbonyl (C=O) groups is 1. The number of ether oxygens (including phenoxy) is 2. The molecule has 0 saturated carbocycles. The summed E-state index contributed by atoms with van der Waals surface area (Å²) < 4.78 is 38.3. The number of hydrogen-bond donors (Lipinski definition) is 1. The Labute approximate surface area is 194 Å². The molecule has 1 aliphatic heterocycles. The van der Waals surface area contributed by atoms with Crippen LogP contribution in [0.2, 0.25) is 0 Å². The first kappa shape index (κ1) is 22.8. The fourth-order valence-corrected chi connectivity index (χ4v) is 5.27. The predicted octanol–water partition coefficient (Wildman–Crippen LogP) is 4.53. The van der Waals surface area contributed by atoms with Crippen molar-refractivity contribution in [2.45, 2.75) is 17.7 Å². The van der Waals surface area contributed by atoms with Crippen LogP contribution in [-0.4, -0.2) is 38.8 Å². The van der Waals surface area contributed by atoms with Crippen LogP contribution in [0.1, 0.15) is 12.8 Å². The Kier molecular flexibility index (Phi) is 6.96. The standard InChI is InChI=1S/C25H26N2O5S/c1-31-21-13-15-24(16-14-21)33(29,30)27-17-5-6-19(18-27)25(28)26-20-9-11-23(12-10-20)32-22-7-3-2-4-8-22/h2-4,7-16,19H,5-6,17-18H2,1H3,(H,26,28). The average Bonchev–Trinajstić information content (AvgIpc) is 2.86. The highest BCUT2D eigenvalue weighted by atomic mass is 32.2. The minimum Gasteiger partial charge on any atom is -0.497 e. The Hall–Kier alpha value is -3.36. The lowest BCUT2D eigenvalue weighted by molar-refractivity contribution is -0.120. The first-order valence-corrected chi connectivity index (χ1v) is 12.2. The van der Waals surface area contributed by atoms with E-state index in [0.717, 1.165) is 5.75 Å². The molecule has 1 amide bonds. The Morgan fingerprint density at radius 2 is 1.55 bits per heavy atom. The Balaban J connectivity index is 1.38. The van der Waals surface area contributed by atoms with Crippen LogP contribution in [0.4, 0.5) is 5.69 Å². The van der Waals surface area contributed by atoms with E-state index in [-0.39, 0.29) is 17.3 Å². The smallest absolute Gasteiger partial charge is 0.243 e. The van der Waals surface area contributed by atoms with E-state index in [0.29, 0.717) is 36.6 Å². The van der Waals surface area contributed by atoms with Gasteiger partial charge in [0.05, 0.1) is 17.9 Å². The van der Waals surface area contributed by atoms with Gasteiger partial charge in [0.15, 0.2) is 0 Å². The average molecular weight is 467 g/mol. The summed E-state index contributed by atoms with van der Waals surface area (Å²) in [6.07, 6.45) is 1.26. The van der Waals surface area contributed by atoms with Gasteiger partial charge in [0.1, 0.15) is 17.2 Å². The van der Waals surface area contributed by atoms with Crippen molar-refractivity contribution in [2.24, 2.45) is 5.92 Å². The Bertz CT molecular complexity index is 1180. The molecule has 0 aromatic heterocycles. The molecule has 1 unspecified atom stereocenters. The first-order chi connectivity index (χ1) is 16.0. The SMILES string of the molecule is COc1ccc(S(=O)(=O)N2CCCC(C(=O)Nc3ccc(Oc4ccccc4)cc3)C2)cc1. The molecule has 33 heavy (non-hydrogen) atoms. The number of nitrogens with one attached hydrogen (secondary N) is 1. The van der Waals surface area contributed by atoms with Gasteiger partial charge >= 0.3 is 0 Å². The molecule has 1 N–H and O–H groups in total. The van der Waals surface area contributed by atoms with Gasteiger partial charge in [0.25, 0.3) is 0 Å². The largest absolute Gasteiger partial charge is 0.497 e. The molecule has 7 nitrogen and oxygen atoms in total. The summed E-state index contributed by atoms with van der Waals surface area (Å²) in [4.78, 5) is 13.0. The number of para-hydroxylation sites is 1. The highest BCUT2D eigenvalue weighted by Crippen LogP contribution is 2.27. The molecule has 0 aliphatic carbocycles. The van der Waals surface area contributed by atoms with Crippen LogP contribution < -0.4 is 14.8 Å². The summed E-state index contributed by atoms with van der Waals surface area (Å²) in [5.74, 6) is 1.36. The van der Waals surface area contributed by atoms with Gasteiger partial charge < -0.3 is 14.8 Å². The van der Waals surface area contributed by atoms with E-state index in [2.05, 4.69) is 5.32 Å². The number of hydrogen-bond acceptors (Lipinski definition) is 5. The molecule has 1 heterocycles. The zero-order chi connectivity index (χ0) is 23.3. The summed E-state index contributed by atoms with van der Waals surface area (Å²) in [5, 5.41) is 2.90. The third-order valence-electron chi connectivity index (χ3n) is 5.55. The molecule has 8 heteroatoms. The number of benzene rings is 3. The number of rotatable bonds is 7. The number of nitrogens with zero attached hydrogens (tertiary/aromatic N) is 1. The molecular formula is C25H26N2O5S. The molecule has 3 aromatic rings. The van der Waals surface area contributed by atoms with Crippen LogP contribution in [0.15, 0.2) is 83.8 Å². The molecule has 0 bridgehead atoms. The van der Waals surface area contributed by atoms with Crippen molar-refractivity contribution in [2.75, 3.05) is 25.5 Å². The van der Waals surface area contributed by atoms with Crippen LogP contribution in [-0.2, 0) is 14.8 Å². The second kappa shape index (κ2) is 10.1. The van der Waals surface area contributed by atoms with E-state index < -0.39 is 15.9 Å². The Morgan fingerprint density at radius 3 is 2.21 bits per heavy atom. The number of anilines is 1. The van der Waals surface area contributed by atoms with Crippen LogP contribution in [0.25, 0.3) is 0 Å². The maximum Gasteiger partial charge on any atom is 0.243 e. The first-order valence-electron chi connectivity index (χ1n) is 10.7. The minimum atomic E-state index is -3.68. The van der Waals surface area contributed by atoms with Crippen molar-refractivity contribution in [3.63, 3.8) is 0 Å². The van der Waals surface area contributed by atoms with E-state index >= 15 is 0 Å². The molecule has 0 radical (unpaired) electrons. The van der Waals surface area contributed by atoms with Crippen LogP contribution >= 0.6 is 0 Å². The molecule has 172 valence electrons. The summed E-state index contributed by atoms with van der Waals surface area (Å²) in [5.41, 5.74) is 0.635. The predicted molar refractivity (Wildman–Crippen MR) is 126 cm³/mol. The third kappa shape index (κ3) is 5.53. The summed E-state index contributed by atoms with van der Waals surface area (Å²) in [7, 11) is -2.15. The molecule has 3 aromatic carbocycles. The lowest BCUT2D eigenvalue weighted by Gasteiger charge is -2.31. The molecule has 1 aliphatic rings. The second-order valence-electron chi connectivity index (χ2n) is 7.81. The monoisotopic (exact) mass is 466 g/mol. The van der Waals surface area contributed by atoms with E-state index in [1.54, 1.807) is 36.4 Å². The second-order valence-corrected chi connectivity index (χ2v) is 9.74. The number of sulfonamides is 1. The molecule has 1 fully saturated rings. The topological polar surface area (TPSA) is 84.9 Å². The van der Waals surface area contributed by atoms with E-state index in [9.17, 15) is 13.2 Å². The number of piperidine rings is 1. The summed E-state index contributed by atoms with van der Waals surface area (Å²) >= 11 is 0. The number of amides is 1. The van der Waals surface area contributed by atoms with E-state index in [1.807, 2.05) is 30.3 Å². The van der Waals surface area contributed by atoms with Gasteiger partial charge in [0, 0.05) is 18.8 Å². The number of methoxy groups -OCH3 is 1. The van der Waals surface area contributed by atoms with Crippen LogP contribution in [0, 0.1) is 5.92 Å². The molecular weight excluding hydrogens is 440 g/mol. The number of carbonyl (C=O) groups excluding carboxylic acids is 1.